The number of aryl methyl sites for hydroxylation is 1. The minimum Gasteiger partial charge on any atom is -0.497 e. The van der Waals surface area contributed by atoms with Gasteiger partial charge in [-0.2, -0.15) is 20.1 Å². The number of aliphatic hydroxyl groups excluding tert-OH is 1. The van der Waals surface area contributed by atoms with Crippen molar-refractivity contribution >= 4 is 23.9 Å². The van der Waals surface area contributed by atoms with Crippen molar-refractivity contribution in [3.05, 3.63) is 47.2 Å². The molecular formula is C22H27N7O4. The molecule has 0 aliphatic rings. The topological polar surface area (TPSA) is 147 Å². The van der Waals surface area contributed by atoms with Crippen LogP contribution in [0.5, 0.6) is 5.75 Å². The van der Waals surface area contributed by atoms with Crippen LogP contribution in [0.3, 0.4) is 0 Å². The fourth-order valence-corrected chi connectivity index (χ4v) is 2.89. The number of ether oxygens (including phenoxy) is 2. The summed E-state index contributed by atoms with van der Waals surface area (Å²) in [5.41, 5.74) is 2.86. The molecule has 2 aromatic heterocycles. The van der Waals surface area contributed by atoms with E-state index >= 15 is 0 Å². The molecule has 11 heteroatoms. The first-order chi connectivity index (χ1) is 16.0. The number of esters is 1. The number of carbonyl (C=O) groups excluding carboxylic acids is 1. The molecule has 0 saturated heterocycles. The minimum absolute atomic E-state index is 0.0787. The van der Waals surface area contributed by atoms with Gasteiger partial charge in [-0.3, -0.25) is 5.10 Å². The van der Waals surface area contributed by atoms with Crippen molar-refractivity contribution in [2.45, 2.75) is 20.4 Å². The van der Waals surface area contributed by atoms with Gasteiger partial charge in [-0.25, -0.2) is 4.79 Å². The molecule has 174 valence electrons. The van der Waals surface area contributed by atoms with E-state index in [1.807, 2.05) is 31.2 Å². The van der Waals surface area contributed by atoms with Crippen molar-refractivity contribution in [2.75, 3.05) is 37.5 Å². The summed E-state index contributed by atoms with van der Waals surface area (Å²) in [6.07, 6.45) is 2.95. The van der Waals surface area contributed by atoms with E-state index in [1.165, 1.54) is 6.08 Å². The summed E-state index contributed by atoms with van der Waals surface area (Å²) in [5, 5.41) is 22.5. The number of aromatic nitrogens is 5. The van der Waals surface area contributed by atoms with E-state index in [0.717, 1.165) is 17.0 Å². The third kappa shape index (κ3) is 6.50. The Morgan fingerprint density at radius 2 is 1.88 bits per heavy atom. The number of anilines is 2. The zero-order valence-electron chi connectivity index (χ0n) is 18.8. The predicted octanol–water partition coefficient (Wildman–Crippen LogP) is 2.17. The maximum atomic E-state index is 11.8. The van der Waals surface area contributed by atoms with Gasteiger partial charge in [0.15, 0.2) is 5.82 Å². The number of nitrogens with zero attached hydrogens (tertiary/aromatic N) is 4. The van der Waals surface area contributed by atoms with E-state index in [1.54, 1.807) is 20.1 Å². The molecule has 3 rings (SSSR count). The number of nitrogens with one attached hydrogen (secondary N) is 3. The standard InChI is InChI=1S/C22H27N7O4/c1-4-33-18(31)10-9-17-14(2)28-29-19(17)20-25-21(23-11-12-30)27-22(26-20)24-13-15-5-7-16(32-3)8-6-15/h5-10,30H,4,11-13H2,1-3H3,(H,28,29)(H2,23,24,25,26,27). The highest BCUT2D eigenvalue weighted by molar-refractivity contribution is 5.88. The van der Waals surface area contributed by atoms with E-state index in [2.05, 4.69) is 35.8 Å². The Hall–Kier alpha value is -3.99. The van der Waals surface area contributed by atoms with Gasteiger partial charge < -0.3 is 25.2 Å². The second-order valence-electron chi connectivity index (χ2n) is 6.85. The summed E-state index contributed by atoms with van der Waals surface area (Å²) in [6.45, 7) is 4.53. The zero-order chi connectivity index (χ0) is 23.6. The Morgan fingerprint density at radius 3 is 2.55 bits per heavy atom. The molecule has 0 atom stereocenters. The van der Waals surface area contributed by atoms with Crippen LogP contribution >= 0.6 is 0 Å². The van der Waals surface area contributed by atoms with Gasteiger partial charge in [-0.1, -0.05) is 12.1 Å². The molecule has 0 aliphatic heterocycles. The number of carbonyl (C=O) groups is 1. The van der Waals surface area contributed by atoms with E-state index in [4.69, 9.17) is 14.6 Å². The zero-order valence-corrected chi connectivity index (χ0v) is 18.8. The van der Waals surface area contributed by atoms with Crippen molar-refractivity contribution in [3.63, 3.8) is 0 Å². The largest absolute Gasteiger partial charge is 0.497 e. The van der Waals surface area contributed by atoms with Gasteiger partial charge in [0.25, 0.3) is 0 Å². The fourth-order valence-electron chi connectivity index (χ4n) is 2.89. The summed E-state index contributed by atoms with van der Waals surface area (Å²) in [5.74, 6) is 1.24. The molecule has 0 bridgehead atoms. The number of H-pyrrole nitrogens is 1. The Kier molecular flexibility index (Phi) is 8.30. The lowest BCUT2D eigenvalue weighted by Gasteiger charge is -2.10. The number of aliphatic hydroxyl groups is 1. The van der Waals surface area contributed by atoms with Crippen LogP contribution in [0.25, 0.3) is 17.6 Å². The van der Waals surface area contributed by atoms with Crippen LogP contribution in [0.4, 0.5) is 11.9 Å². The molecule has 4 N–H and O–H groups in total. The van der Waals surface area contributed by atoms with Crippen LogP contribution in [0.15, 0.2) is 30.3 Å². The average Bonchev–Trinajstić information content (AvgIpc) is 3.20. The maximum absolute atomic E-state index is 11.8. The van der Waals surface area contributed by atoms with Crippen LogP contribution in [-0.4, -0.2) is 63.1 Å². The second kappa shape index (κ2) is 11.6. The van der Waals surface area contributed by atoms with E-state index < -0.39 is 5.97 Å². The van der Waals surface area contributed by atoms with Crippen LogP contribution in [0.2, 0.25) is 0 Å². The number of hydrogen-bond acceptors (Lipinski definition) is 10. The molecule has 11 nitrogen and oxygen atoms in total. The van der Waals surface area contributed by atoms with Crippen LogP contribution < -0.4 is 15.4 Å². The lowest BCUT2D eigenvalue weighted by molar-refractivity contribution is -0.137. The normalized spacial score (nSPS) is 10.9. The lowest BCUT2D eigenvalue weighted by Crippen LogP contribution is -2.13. The van der Waals surface area contributed by atoms with Crippen LogP contribution in [0.1, 0.15) is 23.7 Å². The quantitative estimate of drug-likeness (QED) is 0.251. The van der Waals surface area contributed by atoms with Crippen LogP contribution in [-0.2, 0) is 16.1 Å². The molecule has 0 spiro atoms. The number of benzene rings is 1. The van der Waals surface area contributed by atoms with Crippen molar-refractivity contribution in [1.29, 1.82) is 0 Å². The summed E-state index contributed by atoms with van der Waals surface area (Å²) in [4.78, 5) is 25.0. The van der Waals surface area contributed by atoms with Gasteiger partial charge in [0.2, 0.25) is 11.9 Å². The summed E-state index contributed by atoms with van der Waals surface area (Å²) in [6, 6.07) is 7.62. The van der Waals surface area contributed by atoms with Crippen molar-refractivity contribution < 1.29 is 19.4 Å². The predicted molar refractivity (Wildman–Crippen MR) is 124 cm³/mol. The van der Waals surface area contributed by atoms with Crippen molar-refractivity contribution in [3.8, 4) is 17.3 Å². The van der Waals surface area contributed by atoms with E-state index in [-0.39, 0.29) is 25.7 Å². The number of methoxy groups -OCH3 is 1. The molecule has 1 aromatic carbocycles. The highest BCUT2D eigenvalue weighted by Crippen LogP contribution is 2.24. The van der Waals surface area contributed by atoms with Crippen molar-refractivity contribution in [2.24, 2.45) is 0 Å². The molecule has 0 amide bonds. The Morgan fingerprint density at radius 1 is 1.15 bits per heavy atom. The Bertz CT molecular complexity index is 1100. The Balaban J connectivity index is 1.89. The SMILES string of the molecule is CCOC(=O)C=Cc1c(-c2nc(NCCO)nc(NCc3ccc(OC)cc3)n2)n[nH]c1C. The number of rotatable bonds is 11. The van der Waals surface area contributed by atoms with Gasteiger partial charge in [0, 0.05) is 30.4 Å². The summed E-state index contributed by atoms with van der Waals surface area (Å²) >= 11 is 0. The summed E-state index contributed by atoms with van der Waals surface area (Å²) in [7, 11) is 1.62. The second-order valence-corrected chi connectivity index (χ2v) is 6.85. The lowest BCUT2D eigenvalue weighted by atomic mass is 10.1. The monoisotopic (exact) mass is 453 g/mol. The van der Waals surface area contributed by atoms with Crippen LogP contribution in [0, 0.1) is 6.92 Å². The first-order valence-corrected chi connectivity index (χ1v) is 10.4. The average molecular weight is 454 g/mol. The third-order valence-electron chi connectivity index (χ3n) is 4.52. The molecule has 33 heavy (non-hydrogen) atoms. The molecule has 0 radical (unpaired) electrons. The van der Waals surface area contributed by atoms with Crippen molar-refractivity contribution in [1.82, 2.24) is 25.1 Å². The van der Waals surface area contributed by atoms with E-state index in [9.17, 15) is 4.79 Å². The van der Waals surface area contributed by atoms with Gasteiger partial charge in [-0.05, 0) is 37.6 Å². The highest BCUT2D eigenvalue weighted by atomic mass is 16.5. The molecule has 0 unspecified atom stereocenters. The molecule has 0 saturated carbocycles. The number of aromatic amines is 1. The first-order valence-electron chi connectivity index (χ1n) is 10.4. The van der Waals surface area contributed by atoms with Gasteiger partial charge in [-0.15, -0.1) is 0 Å². The molecule has 0 fully saturated rings. The number of hydrogen-bond donors (Lipinski definition) is 4. The van der Waals surface area contributed by atoms with E-state index in [0.29, 0.717) is 29.6 Å². The third-order valence-corrected chi connectivity index (χ3v) is 4.52. The Labute approximate surface area is 191 Å². The maximum Gasteiger partial charge on any atom is 0.330 e. The molecule has 0 aliphatic carbocycles. The van der Waals surface area contributed by atoms with Gasteiger partial charge in [0.1, 0.15) is 11.4 Å². The summed E-state index contributed by atoms with van der Waals surface area (Å²) < 4.78 is 10.1. The smallest absolute Gasteiger partial charge is 0.330 e. The van der Waals surface area contributed by atoms with Gasteiger partial charge >= 0.3 is 5.97 Å². The highest BCUT2D eigenvalue weighted by Gasteiger charge is 2.16. The fraction of sp³-hybridized carbons (Fsp3) is 0.318. The molecule has 2 heterocycles. The van der Waals surface area contributed by atoms with Gasteiger partial charge in [0.05, 0.1) is 20.3 Å². The molecular weight excluding hydrogens is 426 g/mol. The minimum atomic E-state index is -0.452. The molecule has 3 aromatic rings. The first kappa shape index (κ1) is 23.7.